The van der Waals surface area contributed by atoms with Crippen molar-refractivity contribution in [2.24, 2.45) is 5.92 Å². The fraction of sp³-hybridized carbons (Fsp3) is 0.310. The number of fused-ring (bicyclic) bond motifs is 6. The van der Waals surface area contributed by atoms with E-state index in [0.717, 1.165) is 34.6 Å². The van der Waals surface area contributed by atoms with Gasteiger partial charge in [0.25, 0.3) is 11.7 Å². The molecule has 2 aliphatic rings. The number of aromatic nitrogens is 7. The van der Waals surface area contributed by atoms with Crippen LogP contribution in [0.15, 0.2) is 42.9 Å². The molecule has 0 saturated carbocycles. The van der Waals surface area contributed by atoms with Gasteiger partial charge < -0.3 is 20.9 Å². The van der Waals surface area contributed by atoms with E-state index in [1.54, 1.807) is 11.1 Å². The molecule has 51 heavy (non-hydrogen) atoms. The van der Waals surface area contributed by atoms with Crippen molar-refractivity contribution >= 4 is 63.8 Å². The number of likely N-dealkylation sites (tertiary alicyclic amines) is 1. The standard InChI is InChI=1S/C25H24ClN11O2.C4F6O2/c26-19-12-28-25-30-18-7-14(10-27-11-18)1-2-16-9-17(29-22(19)32-25)3-4-20(16)31-21(38)8-15-5-6-37(13-15)24(39)23-33-35-36-34-23;5-3(6,7)1(11)2(12)4(8,9)10/h3-4,7,9-12,15H,1-2,5-6,8,13H2,(H,31,38)(H2,28,29,30,32)(H,33,34,35,36);/t15-;/m1./s1. The van der Waals surface area contributed by atoms with Gasteiger partial charge in [-0.3, -0.25) is 24.2 Å². The van der Waals surface area contributed by atoms with Crippen LogP contribution in [-0.2, 0) is 27.2 Å². The van der Waals surface area contributed by atoms with Crippen molar-refractivity contribution in [3.8, 4) is 0 Å². The third kappa shape index (κ3) is 9.50. The number of benzene rings is 1. The molecule has 2 aliphatic heterocycles. The summed E-state index contributed by atoms with van der Waals surface area (Å²) < 4.78 is 67.0. The minimum absolute atomic E-state index is 0.0322. The van der Waals surface area contributed by atoms with Gasteiger partial charge >= 0.3 is 23.9 Å². The maximum Gasteiger partial charge on any atom is 0.458 e. The van der Waals surface area contributed by atoms with E-state index >= 15 is 0 Å². The number of aryl methyl sites for hydroxylation is 2. The first-order chi connectivity index (χ1) is 24.1. The molecular weight excluding hydrogens is 716 g/mol. The van der Waals surface area contributed by atoms with Gasteiger partial charge in [0.1, 0.15) is 5.02 Å². The summed E-state index contributed by atoms with van der Waals surface area (Å²) in [5.41, 5.74) is 4.27. The second kappa shape index (κ2) is 15.0. The lowest BCUT2D eigenvalue weighted by Gasteiger charge is -2.16. The van der Waals surface area contributed by atoms with Crippen molar-refractivity contribution < 1.29 is 45.5 Å². The molecule has 0 aliphatic carbocycles. The van der Waals surface area contributed by atoms with Crippen molar-refractivity contribution in [1.29, 1.82) is 0 Å². The number of alkyl halides is 6. The number of Topliss-reactive ketones (excluding diaryl/α,β-unsaturated/α-hetero) is 2. The summed E-state index contributed by atoms with van der Waals surface area (Å²) in [6, 6.07) is 7.72. The number of amides is 2. The van der Waals surface area contributed by atoms with Crippen molar-refractivity contribution in [1.82, 2.24) is 40.5 Å². The number of ketones is 2. The first-order valence-electron chi connectivity index (χ1n) is 14.8. The Labute approximate surface area is 287 Å². The largest absolute Gasteiger partial charge is 0.458 e. The number of hydrogen-bond donors (Lipinski definition) is 4. The highest BCUT2D eigenvalue weighted by Gasteiger charge is 2.54. The van der Waals surface area contributed by atoms with E-state index in [9.17, 15) is 45.5 Å². The fourth-order valence-corrected chi connectivity index (χ4v) is 5.19. The number of tetrazole rings is 1. The van der Waals surface area contributed by atoms with Crippen molar-refractivity contribution in [2.75, 3.05) is 29.0 Å². The molecule has 1 fully saturated rings. The number of hydrogen-bond acceptors (Lipinski definition) is 12. The maximum atomic E-state index is 13.0. The number of anilines is 5. The van der Waals surface area contributed by atoms with Crippen LogP contribution in [0.4, 0.5) is 55.2 Å². The van der Waals surface area contributed by atoms with Gasteiger partial charge in [-0.15, -0.1) is 10.2 Å². The Morgan fingerprint density at radius 1 is 0.941 bits per heavy atom. The third-order valence-electron chi connectivity index (χ3n) is 7.43. The van der Waals surface area contributed by atoms with E-state index in [1.807, 2.05) is 30.5 Å². The normalized spacial score (nSPS) is 15.4. The summed E-state index contributed by atoms with van der Waals surface area (Å²) in [4.78, 5) is 59.5. The van der Waals surface area contributed by atoms with Crippen LogP contribution >= 0.6 is 11.6 Å². The van der Waals surface area contributed by atoms with Crippen molar-refractivity contribution in [2.45, 2.75) is 38.0 Å². The lowest BCUT2D eigenvalue weighted by atomic mass is 10.0. The Bertz CT molecular complexity index is 1920. The van der Waals surface area contributed by atoms with Crippen LogP contribution in [0.2, 0.25) is 5.02 Å². The highest BCUT2D eigenvalue weighted by Crippen LogP contribution is 2.30. The van der Waals surface area contributed by atoms with Crippen LogP contribution in [0.1, 0.15) is 34.6 Å². The second-order valence-electron chi connectivity index (χ2n) is 11.1. The molecule has 0 spiro atoms. The zero-order valence-electron chi connectivity index (χ0n) is 25.8. The first-order valence-corrected chi connectivity index (χ1v) is 15.1. The Morgan fingerprint density at radius 2 is 1.69 bits per heavy atom. The summed E-state index contributed by atoms with van der Waals surface area (Å²) in [7, 11) is 0. The minimum atomic E-state index is -5.77. The molecule has 268 valence electrons. The van der Waals surface area contributed by atoms with Gasteiger partial charge in [-0.25, -0.2) is 4.98 Å². The lowest BCUT2D eigenvalue weighted by Crippen LogP contribution is -2.39. The predicted molar refractivity (Wildman–Crippen MR) is 165 cm³/mol. The first kappa shape index (κ1) is 36.5. The van der Waals surface area contributed by atoms with Gasteiger partial charge in [0.2, 0.25) is 11.9 Å². The molecule has 1 atom stereocenters. The number of halogens is 7. The molecule has 1 aromatic carbocycles. The van der Waals surface area contributed by atoms with Crippen LogP contribution in [0.5, 0.6) is 0 Å². The van der Waals surface area contributed by atoms with Crippen LogP contribution in [-0.4, -0.2) is 89.3 Å². The number of rotatable bonds is 5. The zero-order valence-corrected chi connectivity index (χ0v) is 26.5. The summed E-state index contributed by atoms with van der Waals surface area (Å²) in [6.07, 6.45) is -4.07. The zero-order chi connectivity index (χ0) is 36.9. The van der Waals surface area contributed by atoms with Gasteiger partial charge in [-0.2, -0.15) is 36.5 Å². The van der Waals surface area contributed by atoms with E-state index in [4.69, 9.17) is 11.6 Å². The molecular formula is C29H24ClF6N11O4. The average Bonchev–Trinajstić information content (AvgIpc) is 3.78. The van der Waals surface area contributed by atoms with Crippen LogP contribution in [0.25, 0.3) is 0 Å². The molecule has 4 aromatic rings. The molecule has 6 bridgehead atoms. The molecule has 2 amide bonds. The van der Waals surface area contributed by atoms with Crippen molar-refractivity contribution in [3.05, 3.63) is 64.8 Å². The summed E-state index contributed by atoms with van der Waals surface area (Å²) in [5.74, 6) is -6.28. The summed E-state index contributed by atoms with van der Waals surface area (Å²) in [6.45, 7) is 1.02. The summed E-state index contributed by atoms with van der Waals surface area (Å²) >= 11 is 6.35. The number of aromatic amines is 1. The maximum absolute atomic E-state index is 13.0. The Kier molecular flexibility index (Phi) is 10.8. The van der Waals surface area contributed by atoms with E-state index in [0.29, 0.717) is 49.1 Å². The van der Waals surface area contributed by atoms with E-state index in [-0.39, 0.29) is 23.6 Å². The molecule has 4 N–H and O–H groups in total. The number of nitrogens with one attached hydrogen (secondary N) is 4. The molecule has 1 saturated heterocycles. The number of carbonyl (C=O) groups excluding carboxylic acids is 4. The quantitative estimate of drug-likeness (QED) is 0.167. The van der Waals surface area contributed by atoms with Crippen molar-refractivity contribution in [3.63, 3.8) is 0 Å². The van der Waals surface area contributed by atoms with Gasteiger partial charge in [-0.1, -0.05) is 11.6 Å². The molecule has 0 unspecified atom stereocenters. The molecule has 3 aromatic heterocycles. The fourth-order valence-electron chi connectivity index (χ4n) is 5.05. The molecule has 0 radical (unpaired) electrons. The van der Waals surface area contributed by atoms with E-state index < -0.39 is 23.9 Å². The Morgan fingerprint density at radius 3 is 2.37 bits per heavy atom. The monoisotopic (exact) mass is 739 g/mol. The lowest BCUT2D eigenvalue weighted by molar-refractivity contribution is -0.193. The molecule has 6 rings (SSSR count). The number of nitrogens with zero attached hydrogens (tertiary/aromatic N) is 7. The number of carbonyl (C=O) groups is 4. The highest BCUT2D eigenvalue weighted by atomic mass is 35.5. The van der Waals surface area contributed by atoms with Crippen LogP contribution in [0, 0.1) is 5.92 Å². The summed E-state index contributed by atoms with van der Waals surface area (Å²) in [5, 5.41) is 23.1. The Balaban J connectivity index is 0.000000362. The van der Waals surface area contributed by atoms with Gasteiger partial charge in [0, 0.05) is 37.1 Å². The topological polar surface area (TPSA) is 201 Å². The van der Waals surface area contributed by atoms with Gasteiger partial charge in [0.15, 0.2) is 5.82 Å². The second-order valence-corrected chi connectivity index (χ2v) is 11.5. The van der Waals surface area contributed by atoms with E-state index in [1.165, 1.54) is 6.20 Å². The van der Waals surface area contributed by atoms with Crippen LogP contribution < -0.4 is 16.0 Å². The Hall–Kier alpha value is -5.73. The van der Waals surface area contributed by atoms with Crippen LogP contribution in [0.3, 0.4) is 0 Å². The van der Waals surface area contributed by atoms with Gasteiger partial charge in [0.05, 0.1) is 18.1 Å². The molecule has 22 heteroatoms. The SMILES string of the molecule is O=C(C(=O)C(F)(F)F)C(F)(F)F.O=C(C[C@H]1CCN(C(=O)c2nn[nH]n2)C1)Nc1ccc2cc1CCc1cncc(c1)Nc1ncc(Cl)c(n1)N2. The number of H-pyrrole nitrogens is 1. The molecule has 15 nitrogen and oxygen atoms in total. The smallest absolute Gasteiger partial charge is 0.339 e. The minimum Gasteiger partial charge on any atom is -0.339 e. The predicted octanol–water partition coefficient (Wildman–Crippen LogP) is 4.36. The van der Waals surface area contributed by atoms with Gasteiger partial charge in [-0.05, 0) is 65.8 Å². The van der Waals surface area contributed by atoms with E-state index in [2.05, 4.69) is 51.5 Å². The average molecular weight is 740 g/mol. The number of pyridine rings is 1. The highest BCUT2D eigenvalue weighted by molar-refractivity contribution is 6.41. The molecule has 5 heterocycles. The third-order valence-corrected chi connectivity index (χ3v) is 7.70.